The van der Waals surface area contributed by atoms with Gasteiger partial charge in [-0.1, -0.05) is 26.7 Å². The first-order valence-corrected chi connectivity index (χ1v) is 9.46. The molecule has 1 aromatic carbocycles. The number of halogens is 1. The van der Waals surface area contributed by atoms with Crippen molar-refractivity contribution in [2.45, 2.75) is 36.5 Å². The van der Waals surface area contributed by atoms with Crippen molar-refractivity contribution in [3.63, 3.8) is 0 Å². The fourth-order valence-electron chi connectivity index (χ4n) is 1.76. The van der Waals surface area contributed by atoms with Crippen LogP contribution in [-0.4, -0.2) is 23.4 Å². The van der Waals surface area contributed by atoms with Crippen LogP contribution in [0.1, 0.15) is 26.7 Å². The summed E-state index contributed by atoms with van der Waals surface area (Å²) in [4.78, 5) is -1.07. The van der Waals surface area contributed by atoms with Crippen molar-refractivity contribution in [2.24, 2.45) is 11.1 Å². The summed E-state index contributed by atoms with van der Waals surface area (Å²) in [5, 5.41) is 4.86. The third-order valence-corrected chi connectivity index (χ3v) is 5.61. The van der Waals surface area contributed by atoms with E-state index in [4.69, 9.17) is 5.14 Å². The van der Waals surface area contributed by atoms with Gasteiger partial charge in [-0.25, -0.2) is 31.1 Å². The maximum atomic E-state index is 13.8. The van der Waals surface area contributed by atoms with E-state index in [2.05, 4.69) is 4.72 Å². The average molecular weight is 338 g/mol. The van der Waals surface area contributed by atoms with Crippen LogP contribution >= 0.6 is 0 Å². The first-order chi connectivity index (χ1) is 9.61. The van der Waals surface area contributed by atoms with E-state index >= 15 is 0 Å². The molecule has 9 heteroatoms. The second-order valence-corrected chi connectivity index (χ2v) is 7.97. The molecule has 0 saturated carbocycles. The topological polar surface area (TPSA) is 106 Å². The number of hydrogen-bond acceptors (Lipinski definition) is 4. The van der Waals surface area contributed by atoms with E-state index in [1.54, 1.807) is 0 Å². The largest absolute Gasteiger partial charge is 0.243 e. The number of nitrogens with one attached hydrogen (secondary N) is 1. The SMILES string of the molecule is CCC(CC)CNS(=O)(=O)c1ccc(S(N)(=O)=O)cc1F. The summed E-state index contributed by atoms with van der Waals surface area (Å²) in [6.45, 7) is 4.07. The molecule has 0 bridgehead atoms. The Morgan fingerprint density at radius 1 is 1.19 bits per heavy atom. The second kappa shape index (κ2) is 6.82. The Morgan fingerprint density at radius 3 is 2.19 bits per heavy atom. The van der Waals surface area contributed by atoms with Crippen LogP contribution in [0.2, 0.25) is 0 Å². The van der Waals surface area contributed by atoms with E-state index < -0.39 is 35.7 Å². The van der Waals surface area contributed by atoms with Crippen LogP contribution in [0.5, 0.6) is 0 Å². The van der Waals surface area contributed by atoms with Crippen molar-refractivity contribution >= 4 is 20.0 Å². The van der Waals surface area contributed by atoms with Gasteiger partial charge in [-0.05, 0) is 24.1 Å². The van der Waals surface area contributed by atoms with Crippen molar-refractivity contribution in [3.8, 4) is 0 Å². The van der Waals surface area contributed by atoms with Crippen LogP contribution < -0.4 is 9.86 Å². The van der Waals surface area contributed by atoms with Gasteiger partial charge in [0.2, 0.25) is 20.0 Å². The molecule has 0 fully saturated rings. The van der Waals surface area contributed by atoms with Crippen LogP contribution in [0.25, 0.3) is 0 Å². The van der Waals surface area contributed by atoms with Crippen LogP contribution in [-0.2, 0) is 20.0 Å². The summed E-state index contributed by atoms with van der Waals surface area (Å²) in [6.07, 6.45) is 1.59. The zero-order valence-corrected chi connectivity index (χ0v) is 13.5. The molecule has 0 heterocycles. The number of nitrogens with two attached hydrogens (primary N) is 1. The molecule has 0 unspecified atom stereocenters. The number of rotatable bonds is 7. The van der Waals surface area contributed by atoms with Crippen LogP contribution in [0.15, 0.2) is 28.0 Å². The van der Waals surface area contributed by atoms with E-state index in [1.165, 1.54) is 0 Å². The van der Waals surface area contributed by atoms with E-state index in [0.29, 0.717) is 6.07 Å². The predicted octanol–water partition coefficient (Wildman–Crippen LogP) is 1.19. The minimum absolute atomic E-state index is 0.159. The lowest BCUT2D eigenvalue weighted by molar-refractivity contribution is 0.476. The molecule has 21 heavy (non-hydrogen) atoms. The van der Waals surface area contributed by atoms with Crippen LogP contribution in [0.4, 0.5) is 4.39 Å². The zero-order chi connectivity index (χ0) is 16.3. The molecule has 0 spiro atoms. The van der Waals surface area contributed by atoms with Gasteiger partial charge >= 0.3 is 0 Å². The molecular weight excluding hydrogens is 319 g/mol. The second-order valence-electron chi connectivity index (χ2n) is 4.67. The molecule has 0 amide bonds. The Hall–Kier alpha value is -1.03. The molecule has 120 valence electrons. The highest BCUT2D eigenvalue weighted by atomic mass is 32.2. The van der Waals surface area contributed by atoms with E-state index in [1.807, 2.05) is 13.8 Å². The van der Waals surface area contributed by atoms with Gasteiger partial charge in [-0.3, -0.25) is 0 Å². The number of sulfonamides is 2. The summed E-state index contributed by atoms with van der Waals surface area (Å²) in [5.41, 5.74) is 0. The molecular formula is C12H19FN2O4S2. The molecule has 0 aliphatic carbocycles. The van der Waals surface area contributed by atoms with Crippen molar-refractivity contribution in [3.05, 3.63) is 24.0 Å². The van der Waals surface area contributed by atoms with Crippen LogP contribution in [0, 0.1) is 11.7 Å². The van der Waals surface area contributed by atoms with Crippen molar-refractivity contribution in [2.75, 3.05) is 6.54 Å². The third-order valence-electron chi connectivity index (χ3n) is 3.24. The molecule has 0 radical (unpaired) electrons. The summed E-state index contributed by atoms with van der Waals surface area (Å²) >= 11 is 0. The maximum absolute atomic E-state index is 13.8. The number of benzene rings is 1. The lowest BCUT2D eigenvalue weighted by Gasteiger charge is -2.14. The molecule has 0 saturated heterocycles. The Labute approximate surface area is 124 Å². The van der Waals surface area contributed by atoms with Crippen molar-refractivity contribution < 1.29 is 21.2 Å². The first kappa shape index (κ1) is 18.0. The van der Waals surface area contributed by atoms with Crippen molar-refractivity contribution in [1.29, 1.82) is 0 Å². The monoisotopic (exact) mass is 338 g/mol. The minimum Gasteiger partial charge on any atom is -0.225 e. The summed E-state index contributed by atoms with van der Waals surface area (Å²) < 4.78 is 62.4. The molecule has 3 N–H and O–H groups in total. The van der Waals surface area contributed by atoms with E-state index in [0.717, 1.165) is 25.0 Å². The Bertz CT molecular complexity index is 698. The number of hydrogen-bond donors (Lipinski definition) is 2. The molecule has 0 aromatic heterocycles. The average Bonchev–Trinajstić information content (AvgIpc) is 2.38. The van der Waals surface area contributed by atoms with E-state index in [9.17, 15) is 21.2 Å². The predicted molar refractivity (Wildman–Crippen MR) is 77.0 cm³/mol. The van der Waals surface area contributed by atoms with Gasteiger partial charge in [0.05, 0.1) is 4.90 Å². The lowest BCUT2D eigenvalue weighted by Crippen LogP contribution is -2.29. The summed E-state index contributed by atoms with van der Waals surface area (Å²) in [6, 6.07) is 2.45. The van der Waals surface area contributed by atoms with E-state index in [-0.39, 0.29) is 12.5 Å². The normalized spacial score (nSPS) is 12.8. The van der Waals surface area contributed by atoms with Gasteiger partial charge in [0.1, 0.15) is 10.7 Å². The van der Waals surface area contributed by atoms with Crippen molar-refractivity contribution in [1.82, 2.24) is 4.72 Å². The highest BCUT2D eigenvalue weighted by Crippen LogP contribution is 2.18. The van der Waals surface area contributed by atoms with Gasteiger partial charge in [0, 0.05) is 6.54 Å². The Kier molecular flexibility index (Phi) is 5.85. The highest BCUT2D eigenvalue weighted by Gasteiger charge is 2.22. The quantitative estimate of drug-likeness (QED) is 0.778. The first-order valence-electron chi connectivity index (χ1n) is 6.43. The Balaban J connectivity index is 3.05. The fraction of sp³-hybridized carbons (Fsp3) is 0.500. The molecule has 1 rings (SSSR count). The molecule has 1 aromatic rings. The molecule has 0 aliphatic heterocycles. The van der Waals surface area contributed by atoms with Gasteiger partial charge in [-0.2, -0.15) is 0 Å². The van der Waals surface area contributed by atoms with Crippen LogP contribution in [0.3, 0.4) is 0 Å². The molecule has 0 atom stereocenters. The van der Waals surface area contributed by atoms with Gasteiger partial charge in [0.25, 0.3) is 0 Å². The minimum atomic E-state index is -4.08. The maximum Gasteiger partial charge on any atom is 0.243 e. The smallest absolute Gasteiger partial charge is 0.225 e. The fourth-order valence-corrected chi connectivity index (χ4v) is 3.46. The summed E-state index contributed by atoms with van der Waals surface area (Å²) in [5.74, 6) is -0.995. The summed E-state index contributed by atoms with van der Waals surface area (Å²) in [7, 11) is -8.11. The molecule has 6 nitrogen and oxygen atoms in total. The van der Waals surface area contributed by atoms with Gasteiger partial charge < -0.3 is 0 Å². The molecule has 0 aliphatic rings. The van der Waals surface area contributed by atoms with Gasteiger partial charge in [-0.15, -0.1) is 0 Å². The van der Waals surface area contributed by atoms with Gasteiger partial charge in [0.15, 0.2) is 0 Å². The zero-order valence-electron chi connectivity index (χ0n) is 11.8. The third kappa shape index (κ3) is 4.73. The lowest BCUT2D eigenvalue weighted by atomic mass is 10.0. The standard InChI is InChI=1S/C12H19FN2O4S2/c1-3-9(4-2)8-15-21(18,19)12-6-5-10(7-11(12)13)20(14,16)17/h5-7,9,15H,3-4,8H2,1-2H3,(H2,14,16,17). The highest BCUT2D eigenvalue weighted by molar-refractivity contribution is 7.89. The number of primary sulfonamides is 1. The Morgan fingerprint density at radius 2 is 1.76 bits per heavy atom.